The molecule has 32 heavy (non-hydrogen) atoms. The molecule has 0 spiro atoms. The average Bonchev–Trinajstić information content (AvgIpc) is 2.84. The summed E-state index contributed by atoms with van der Waals surface area (Å²) in [5, 5.41) is 0.702. The standard InChI is InChI=1S/C25H25FN4OS/c1-18-14-28-25(32-17-20-9-5-11-27-15-20)29-23(18)21-10-6-12-30(16-21)24(31)22(26)13-19-7-3-2-4-8-19/h2-5,7-9,11,13-15,21H,6,10,12,16-17H2,1H3/b22-13-/t21-/m0/s1. The molecule has 1 aliphatic rings. The van der Waals surface area contributed by atoms with Gasteiger partial charge in [-0.1, -0.05) is 48.2 Å². The molecule has 1 fully saturated rings. The molecule has 0 unspecified atom stereocenters. The minimum absolute atomic E-state index is 0.0676. The van der Waals surface area contributed by atoms with E-state index in [1.54, 1.807) is 35.0 Å². The first-order valence-electron chi connectivity index (χ1n) is 10.7. The van der Waals surface area contributed by atoms with Crippen LogP contribution in [0.15, 0.2) is 72.0 Å². The van der Waals surface area contributed by atoms with Crippen LogP contribution in [0.25, 0.3) is 6.08 Å². The molecule has 3 heterocycles. The van der Waals surface area contributed by atoms with Crippen LogP contribution in [0.4, 0.5) is 4.39 Å². The second-order valence-corrected chi connectivity index (χ2v) is 8.81. The van der Waals surface area contributed by atoms with Crippen LogP contribution in [0.2, 0.25) is 0 Å². The SMILES string of the molecule is Cc1cnc(SCc2cccnc2)nc1[C@H]1CCCN(C(=O)/C(F)=C/c2ccccc2)C1. The van der Waals surface area contributed by atoms with Gasteiger partial charge < -0.3 is 4.90 Å². The summed E-state index contributed by atoms with van der Waals surface area (Å²) >= 11 is 1.56. The summed E-state index contributed by atoms with van der Waals surface area (Å²) in [5.74, 6) is -0.487. The molecule has 7 heteroatoms. The summed E-state index contributed by atoms with van der Waals surface area (Å²) in [4.78, 5) is 27.7. The molecular weight excluding hydrogens is 423 g/mol. The van der Waals surface area contributed by atoms with Crippen molar-refractivity contribution >= 4 is 23.7 Å². The molecule has 0 saturated carbocycles. The number of piperidine rings is 1. The maximum absolute atomic E-state index is 14.6. The highest BCUT2D eigenvalue weighted by Crippen LogP contribution is 2.30. The largest absolute Gasteiger partial charge is 0.336 e. The van der Waals surface area contributed by atoms with Crippen LogP contribution in [0.5, 0.6) is 0 Å². The third-order valence-corrected chi connectivity index (χ3v) is 6.40. The predicted molar refractivity (Wildman–Crippen MR) is 125 cm³/mol. The lowest BCUT2D eigenvalue weighted by Gasteiger charge is -2.32. The molecule has 4 rings (SSSR count). The molecule has 3 aromatic rings. The van der Waals surface area contributed by atoms with Crippen molar-refractivity contribution in [3.05, 3.63) is 89.3 Å². The summed E-state index contributed by atoms with van der Waals surface area (Å²) in [5.41, 5.74) is 3.72. The van der Waals surface area contributed by atoms with Crippen LogP contribution >= 0.6 is 11.8 Å². The smallest absolute Gasteiger partial charge is 0.282 e. The van der Waals surface area contributed by atoms with Crippen LogP contribution in [0.1, 0.15) is 41.1 Å². The van der Waals surface area contributed by atoms with E-state index >= 15 is 0 Å². The topological polar surface area (TPSA) is 59.0 Å². The van der Waals surface area contributed by atoms with Crippen molar-refractivity contribution in [1.29, 1.82) is 0 Å². The number of hydrogen-bond acceptors (Lipinski definition) is 5. The Kier molecular flexibility index (Phi) is 7.27. The van der Waals surface area contributed by atoms with Crippen LogP contribution in [-0.2, 0) is 10.5 Å². The number of halogens is 1. The highest BCUT2D eigenvalue weighted by Gasteiger charge is 2.28. The number of carbonyl (C=O) groups excluding carboxylic acids is 1. The van der Waals surface area contributed by atoms with E-state index in [0.29, 0.717) is 23.8 Å². The van der Waals surface area contributed by atoms with Gasteiger partial charge in [-0.25, -0.2) is 14.4 Å². The Morgan fingerprint density at radius 1 is 1.22 bits per heavy atom. The van der Waals surface area contributed by atoms with Gasteiger partial charge in [0.1, 0.15) is 0 Å². The van der Waals surface area contributed by atoms with Gasteiger partial charge in [-0.3, -0.25) is 9.78 Å². The fourth-order valence-electron chi connectivity index (χ4n) is 3.85. The van der Waals surface area contributed by atoms with Crippen LogP contribution in [0, 0.1) is 6.92 Å². The second kappa shape index (κ2) is 10.5. The van der Waals surface area contributed by atoms with Crippen molar-refractivity contribution in [3.63, 3.8) is 0 Å². The summed E-state index contributed by atoms with van der Waals surface area (Å²) in [7, 11) is 0. The van der Waals surface area contributed by atoms with Crippen molar-refractivity contribution in [2.24, 2.45) is 0 Å². The van der Waals surface area contributed by atoms with Crippen LogP contribution < -0.4 is 0 Å². The molecule has 1 amide bonds. The Morgan fingerprint density at radius 3 is 2.84 bits per heavy atom. The summed E-state index contributed by atoms with van der Waals surface area (Å²) < 4.78 is 14.6. The Balaban J connectivity index is 1.45. The lowest BCUT2D eigenvalue weighted by atomic mass is 9.92. The first kappa shape index (κ1) is 22.1. The van der Waals surface area contributed by atoms with E-state index in [1.165, 1.54) is 6.08 Å². The van der Waals surface area contributed by atoms with Gasteiger partial charge in [0.2, 0.25) is 0 Å². The minimum Gasteiger partial charge on any atom is -0.336 e. The van der Waals surface area contributed by atoms with Crippen molar-refractivity contribution in [3.8, 4) is 0 Å². The van der Waals surface area contributed by atoms with Gasteiger partial charge in [0, 0.05) is 43.4 Å². The molecule has 1 aliphatic heterocycles. The molecule has 1 atom stereocenters. The first-order chi connectivity index (χ1) is 15.6. The molecular formula is C25H25FN4OS. The normalized spacial score (nSPS) is 16.8. The van der Waals surface area contributed by atoms with Crippen LogP contribution in [0.3, 0.4) is 0 Å². The number of aromatic nitrogens is 3. The van der Waals surface area contributed by atoms with E-state index in [0.717, 1.165) is 35.4 Å². The summed E-state index contributed by atoms with van der Waals surface area (Å²) in [6.45, 7) is 3.00. The molecule has 164 valence electrons. The Hall–Kier alpha value is -3.06. The molecule has 1 saturated heterocycles. The Labute approximate surface area is 191 Å². The van der Waals surface area contributed by atoms with Crippen molar-refractivity contribution in [1.82, 2.24) is 19.9 Å². The Morgan fingerprint density at radius 2 is 2.06 bits per heavy atom. The number of carbonyl (C=O) groups is 1. The van der Waals surface area contributed by atoms with Gasteiger partial charge in [0.25, 0.3) is 5.91 Å². The van der Waals surface area contributed by atoms with Gasteiger partial charge in [-0.2, -0.15) is 0 Å². The number of benzene rings is 1. The van der Waals surface area contributed by atoms with Gasteiger partial charge in [0.15, 0.2) is 11.0 Å². The number of hydrogen-bond donors (Lipinski definition) is 0. The zero-order chi connectivity index (χ0) is 22.3. The lowest BCUT2D eigenvalue weighted by molar-refractivity contribution is -0.129. The maximum atomic E-state index is 14.6. The number of pyridine rings is 1. The highest BCUT2D eigenvalue weighted by molar-refractivity contribution is 7.98. The molecule has 5 nitrogen and oxygen atoms in total. The lowest BCUT2D eigenvalue weighted by Crippen LogP contribution is -2.39. The van der Waals surface area contributed by atoms with Gasteiger partial charge in [-0.05, 0) is 48.6 Å². The van der Waals surface area contributed by atoms with E-state index < -0.39 is 11.7 Å². The highest BCUT2D eigenvalue weighted by atomic mass is 32.2. The van der Waals surface area contributed by atoms with Crippen molar-refractivity contribution < 1.29 is 9.18 Å². The second-order valence-electron chi connectivity index (χ2n) is 7.86. The van der Waals surface area contributed by atoms with E-state index in [9.17, 15) is 9.18 Å². The quantitative estimate of drug-likeness (QED) is 0.295. The summed E-state index contributed by atoms with van der Waals surface area (Å²) in [6, 6.07) is 13.0. The van der Waals surface area contributed by atoms with Gasteiger partial charge >= 0.3 is 0 Å². The third kappa shape index (κ3) is 5.59. The number of likely N-dealkylation sites (tertiary alicyclic amines) is 1. The third-order valence-electron chi connectivity index (χ3n) is 5.47. The minimum atomic E-state index is -0.732. The van der Waals surface area contributed by atoms with E-state index in [1.807, 2.05) is 49.6 Å². The van der Waals surface area contributed by atoms with Crippen molar-refractivity contribution in [2.75, 3.05) is 13.1 Å². The zero-order valence-corrected chi connectivity index (χ0v) is 18.8. The van der Waals surface area contributed by atoms with E-state index in [-0.39, 0.29) is 5.92 Å². The average molecular weight is 449 g/mol. The monoisotopic (exact) mass is 448 g/mol. The molecule has 1 aromatic carbocycles. The number of rotatable bonds is 6. The van der Waals surface area contributed by atoms with Crippen LogP contribution in [-0.4, -0.2) is 38.8 Å². The van der Waals surface area contributed by atoms with E-state index in [2.05, 4.69) is 9.97 Å². The predicted octanol–water partition coefficient (Wildman–Crippen LogP) is 5.19. The molecule has 0 bridgehead atoms. The summed E-state index contributed by atoms with van der Waals surface area (Å²) in [6.07, 6.45) is 8.46. The first-order valence-corrected chi connectivity index (χ1v) is 11.7. The number of thioether (sulfide) groups is 1. The fraction of sp³-hybridized carbons (Fsp3) is 0.280. The number of aryl methyl sites for hydroxylation is 1. The molecule has 2 aromatic heterocycles. The maximum Gasteiger partial charge on any atom is 0.282 e. The Bertz CT molecular complexity index is 1090. The fourth-order valence-corrected chi connectivity index (χ4v) is 4.60. The molecule has 0 N–H and O–H groups in total. The molecule has 0 aliphatic carbocycles. The van der Waals surface area contributed by atoms with E-state index in [4.69, 9.17) is 4.98 Å². The van der Waals surface area contributed by atoms with Gasteiger partial charge in [0.05, 0.1) is 5.69 Å². The number of nitrogens with zero attached hydrogens (tertiary/aromatic N) is 4. The number of amides is 1. The van der Waals surface area contributed by atoms with Crippen molar-refractivity contribution in [2.45, 2.75) is 36.6 Å². The molecule has 0 radical (unpaired) electrons. The zero-order valence-electron chi connectivity index (χ0n) is 17.9. The van der Waals surface area contributed by atoms with Gasteiger partial charge in [-0.15, -0.1) is 0 Å².